The lowest BCUT2D eigenvalue weighted by molar-refractivity contribution is -0.159. The molecule has 12 heavy (non-hydrogen) atoms. The van der Waals surface area contributed by atoms with E-state index in [4.69, 9.17) is 19.8 Å². The Labute approximate surface area is 74.4 Å². The molecule has 0 atom stereocenters. The topological polar surface area (TPSA) is 90.4 Å². The fourth-order valence-electron chi connectivity index (χ4n) is 0.278. The van der Waals surface area contributed by atoms with Gasteiger partial charge in [-0.05, 0) is 12.1 Å². The molecule has 0 bridgehead atoms. The Morgan fingerprint density at radius 1 is 1.00 bits per heavy atom. The number of hydrogen-bond acceptors (Lipinski definition) is 2. The maximum atomic E-state index is 9.10. The van der Waals surface area contributed by atoms with Crippen molar-refractivity contribution < 1.29 is 19.8 Å². The van der Waals surface area contributed by atoms with E-state index in [0.29, 0.717) is 0 Å². The normalized spacial score (nSPS) is 7.00. The van der Waals surface area contributed by atoms with Gasteiger partial charge in [0, 0.05) is 12.4 Å². The van der Waals surface area contributed by atoms with Crippen LogP contribution in [0.25, 0.3) is 0 Å². The number of carbonyl (C=O) groups is 2. The van der Waals surface area contributed by atoms with E-state index in [2.05, 4.69) is 4.98 Å². The number of rotatable bonds is 0. The summed E-state index contributed by atoms with van der Waals surface area (Å²) in [6.45, 7) is 0. The van der Waals surface area contributed by atoms with Gasteiger partial charge in [-0.15, -0.1) is 12.4 Å². The van der Waals surface area contributed by atoms with Crippen LogP contribution in [-0.4, -0.2) is 27.1 Å². The lowest BCUT2D eigenvalue weighted by Gasteiger charge is -1.72. The van der Waals surface area contributed by atoms with Crippen molar-refractivity contribution in [3.8, 4) is 0 Å². The highest BCUT2D eigenvalue weighted by atomic mass is 35.5. The zero-order chi connectivity index (χ0) is 8.69. The molecule has 68 valence electrons. The van der Waals surface area contributed by atoms with Gasteiger partial charge in [0.1, 0.15) is 0 Å². The Hall–Kier alpha value is -1.49. The highest BCUT2D eigenvalue weighted by Crippen LogP contribution is 1.72. The maximum absolute atomic E-state index is 9.10. The zero-order valence-corrected chi connectivity index (χ0v) is 6.75. The van der Waals surface area contributed by atoms with E-state index >= 15 is 0 Å². The van der Waals surface area contributed by atoms with E-state index in [-0.39, 0.29) is 12.4 Å². The van der Waals surface area contributed by atoms with Crippen molar-refractivity contribution in [2.75, 3.05) is 0 Å². The predicted octanol–water partition coefficient (Wildman–Crippen LogP) is 0.592. The summed E-state index contributed by atoms with van der Waals surface area (Å²) >= 11 is 0. The SMILES string of the molecule is Cl.O=C(O)C(=O)O.c1cc[nH]c1. The monoisotopic (exact) mass is 193 g/mol. The number of H-pyrrole nitrogens is 1. The second kappa shape index (κ2) is 7.62. The van der Waals surface area contributed by atoms with Crippen LogP contribution in [0.15, 0.2) is 24.5 Å². The van der Waals surface area contributed by atoms with Gasteiger partial charge in [0.2, 0.25) is 0 Å². The minimum absolute atomic E-state index is 0. The molecule has 0 aliphatic heterocycles. The van der Waals surface area contributed by atoms with Gasteiger partial charge < -0.3 is 15.2 Å². The summed E-state index contributed by atoms with van der Waals surface area (Å²) in [5.74, 6) is -3.65. The van der Waals surface area contributed by atoms with E-state index in [1.54, 1.807) is 0 Å². The average Bonchev–Trinajstić information content (AvgIpc) is 2.41. The highest BCUT2D eigenvalue weighted by Gasteiger charge is 2.04. The summed E-state index contributed by atoms with van der Waals surface area (Å²) in [4.78, 5) is 21.1. The molecule has 0 saturated heterocycles. The molecule has 1 aromatic heterocycles. The first kappa shape index (κ1) is 13.1. The van der Waals surface area contributed by atoms with Crippen LogP contribution in [0, 0.1) is 0 Å². The molecule has 0 spiro atoms. The molecular weight excluding hydrogens is 186 g/mol. The van der Waals surface area contributed by atoms with Crippen LogP contribution < -0.4 is 0 Å². The maximum Gasteiger partial charge on any atom is 0.414 e. The number of carboxylic acid groups (broad SMARTS) is 2. The van der Waals surface area contributed by atoms with Crippen LogP contribution in [0.3, 0.4) is 0 Å². The van der Waals surface area contributed by atoms with E-state index < -0.39 is 11.9 Å². The summed E-state index contributed by atoms with van der Waals surface area (Å²) in [6.07, 6.45) is 3.75. The smallest absolute Gasteiger partial charge is 0.414 e. The van der Waals surface area contributed by atoms with Gasteiger partial charge in [-0.2, -0.15) is 0 Å². The molecule has 1 aromatic rings. The molecule has 5 nitrogen and oxygen atoms in total. The molecule has 6 heteroatoms. The van der Waals surface area contributed by atoms with Crippen molar-refractivity contribution in [2.24, 2.45) is 0 Å². The summed E-state index contributed by atoms with van der Waals surface area (Å²) < 4.78 is 0. The molecule has 0 amide bonds. The summed E-state index contributed by atoms with van der Waals surface area (Å²) in [6, 6.07) is 3.89. The minimum Gasteiger partial charge on any atom is -0.473 e. The molecule has 0 aliphatic carbocycles. The first-order chi connectivity index (χ1) is 5.14. The van der Waals surface area contributed by atoms with E-state index in [1.165, 1.54) is 0 Å². The van der Waals surface area contributed by atoms with Crippen molar-refractivity contribution in [2.45, 2.75) is 0 Å². The van der Waals surface area contributed by atoms with Crippen molar-refractivity contribution >= 4 is 24.3 Å². The lowest BCUT2D eigenvalue weighted by Crippen LogP contribution is -2.09. The number of hydrogen-bond donors (Lipinski definition) is 3. The van der Waals surface area contributed by atoms with Gasteiger partial charge in [0.25, 0.3) is 0 Å². The van der Waals surface area contributed by atoms with Crippen molar-refractivity contribution in [1.82, 2.24) is 4.98 Å². The van der Waals surface area contributed by atoms with Gasteiger partial charge in [-0.3, -0.25) is 0 Å². The molecular formula is C6H8ClNO4. The molecule has 0 fully saturated rings. The van der Waals surface area contributed by atoms with E-state index in [1.807, 2.05) is 24.5 Å². The number of carboxylic acids is 2. The average molecular weight is 194 g/mol. The zero-order valence-electron chi connectivity index (χ0n) is 5.93. The quantitative estimate of drug-likeness (QED) is 0.526. The molecule has 0 aromatic carbocycles. The van der Waals surface area contributed by atoms with Gasteiger partial charge in [-0.1, -0.05) is 0 Å². The van der Waals surface area contributed by atoms with Crippen LogP contribution in [0.2, 0.25) is 0 Å². The molecule has 0 unspecified atom stereocenters. The third kappa shape index (κ3) is 8.51. The molecule has 1 heterocycles. The third-order valence-electron chi connectivity index (χ3n) is 0.679. The van der Waals surface area contributed by atoms with Crippen molar-refractivity contribution in [3.05, 3.63) is 24.5 Å². The molecule has 0 saturated carbocycles. The Morgan fingerprint density at radius 2 is 1.33 bits per heavy atom. The number of halogens is 1. The molecule has 1 rings (SSSR count). The van der Waals surface area contributed by atoms with Crippen LogP contribution in [0.5, 0.6) is 0 Å². The fourth-order valence-corrected chi connectivity index (χ4v) is 0.278. The molecule has 3 N–H and O–H groups in total. The predicted molar refractivity (Wildman–Crippen MR) is 43.3 cm³/mol. The van der Waals surface area contributed by atoms with Gasteiger partial charge in [0.15, 0.2) is 0 Å². The van der Waals surface area contributed by atoms with Crippen molar-refractivity contribution in [3.63, 3.8) is 0 Å². The van der Waals surface area contributed by atoms with Gasteiger partial charge in [0.05, 0.1) is 0 Å². The van der Waals surface area contributed by atoms with Crippen LogP contribution >= 0.6 is 12.4 Å². The number of aliphatic carboxylic acids is 2. The van der Waals surface area contributed by atoms with Gasteiger partial charge >= 0.3 is 11.9 Å². The van der Waals surface area contributed by atoms with E-state index in [9.17, 15) is 0 Å². The Kier molecular flexibility index (Phi) is 8.33. The molecule has 0 aliphatic rings. The second-order valence-electron chi connectivity index (χ2n) is 1.50. The van der Waals surface area contributed by atoms with Crippen molar-refractivity contribution in [1.29, 1.82) is 0 Å². The first-order valence-corrected chi connectivity index (χ1v) is 2.68. The Bertz CT molecular complexity index is 192. The van der Waals surface area contributed by atoms with Crippen LogP contribution in [-0.2, 0) is 9.59 Å². The second-order valence-corrected chi connectivity index (χ2v) is 1.50. The summed E-state index contributed by atoms with van der Waals surface area (Å²) in [7, 11) is 0. The number of aromatic nitrogens is 1. The largest absolute Gasteiger partial charge is 0.473 e. The molecule has 0 radical (unpaired) electrons. The third-order valence-corrected chi connectivity index (χ3v) is 0.679. The minimum atomic E-state index is -1.82. The lowest BCUT2D eigenvalue weighted by atomic mass is 10.7. The summed E-state index contributed by atoms with van der Waals surface area (Å²) in [5.41, 5.74) is 0. The Balaban J connectivity index is 0. The van der Waals surface area contributed by atoms with E-state index in [0.717, 1.165) is 0 Å². The highest BCUT2D eigenvalue weighted by molar-refractivity contribution is 6.27. The summed E-state index contributed by atoms with van der Waals surface area (Å²) in [5, 5.41) is 14.8. The first-order valence-electron chi connectivity index (χ1n) is 2.68. The Morgan fingerprint density at radius 3 is 1.42 bits per heavy atom. The van der Waals surface area contributed by atoms with Gasteiger partial charge in [-0.25, -0.2) is 9.59 Å². The number of aromatic amines is 1. The number of nitrogens with one attached hydrogen (secondary N) is 1. The van der Waals surface area contributed by atoms with Crippen LogP contribution in [0.4, 0.5) is 0 Å². The fraction of sp³-hybridized carbons (Fsp3) is 0. The van der Waals surface area contributed by atoms with Crippen LogP contribution in [0.1, 0.15) is 0 Å². The standard InChI is InChI=1S/C4H5N.C2H2O4.ClH/c1-2-4-5-3-1;3-1(4)2(5)6;/h1-5H;(H,3,4)(H,5,6);1H.